The van der Waals surface area contributed by atoms with Crippen LogP contribution in [-0.2, 0) is 0 Å². The second kappa shape index (κ2) is 12.9. The van der Waals surface area contributed by atoms with Crippen LogP contribution in [0.1, 0.15) is 59.3 Å². The van der Waals surface area contributed by atoms with Gasteiger partial charge in [0.1, 0.15) is 0 Å². The van der Waals surface area contributed by atoms with Crippen LogP contribution in [0.2, 0.25) is 13.3 Å². The summed E-state index contributed by atoms with van der Waals surface area (Å²) >= 11 is -2.06. The molecule has 0 aromatic heterocycles. The van der Waals surface area contributed by atoms with E-state index in [1.54, 1.807) is 13.3 Å². The number of hydrogen-bond acceptors (Lipinski definition) is 1. The van der Waals surface area contributed by atoms with Crippen molar-refractivity contribution in [1.29, 1.82) is 0 Å². The van der Waals surface area contributed by atoms with Crippen LogP contribution >= 0.6 is 0 Å². The van der Waals surface area contributed by atoms with Gasteiger partial charge < -0.3 is 0 Å². The van der Waals surface area contributed by atoms with Crippen LogP contribution in [0.4, 0.5) is 5.69 Å². The predicted octanol–water partition coefficient (Wildman–Crippen LogP) is 7.04. The zero-order chi connectivity index (χ0) is 16.8. The van der Waals surface area contributed by atoms with Crippen LogP contribution in [0.3, 0.4) is 0 Å². The summed E-state index contributed by atoms with van der Waals surface area (Å²) in [6, 6.07) is 10.6. The van der Waals surface area contributed by atoms with E-state index in [9.17, 15) is 0 Å². The monoisotopic (exact) mass is 423 g/mol. The predicted molar refractivity (Wildman–Crippen MR) is 109 cm³/mol. The van der Waals surface area contributed by atoms with E-state index < -0.39 is 18.4 Å². The molecular weight excluding hydrogens is 385 g/mol. The van der Waals surface area contributed by atoms with Gasteiger partial charge in [-0.15, -0.1) is 0 Å². The van der Waals surface area contributed by atoms with E-state index in [-0.39, 0.29) is 0 Å². The number of benzene rings is 1. The summed E-state index contributed by atoms with van der Waals surface area (Å²) in [6.45, 7) is 8.01. The van der Waals surface area contributed by atoms with Gasteiger partial charge in [-0.2, -0.15) is 0 Å². The number of rotatable bonds is 13. The molecule has 1 nitrogen and oxygen atoms in total. The summed E-state index contributed by atoms with van der Waals surface area (Å²) < 4.78 is 7.44. The number of hydrogen-bond donors (Lipinski definition) is 1. The van der Waals surface area contributed by atoms with Crippen molar-refractivity contribution in [3.05, 3.63) is 40.5 Å². The number of unbranched alkanes of at least 4 members (excludes halogenated alkanes) is 3. The van der Waals surface area contributed by atoms with Crippen molar-refractivity contribution in [3.8, 4) is 0 Å². The minimum absolute atomic E-state index is 0.979. The zero-order valence-electron chi connectivity index (χ0n) is 15.6. The molecule has 0 unspecified atom stereocenters. The summed E-state index contributed by atoms with van der Waals surface area (Å²) in [4.78, 5) is 0. The molecular formula is C21H37NSn. The zero-order valence-corrected chi connectivity index (χ0v) is 18.5. The van der Waals surface area contributed by atoms with Gasteiger partial charge in [0.05, 0.1) is 0 Å². The second-order valence-corrected chi connectivity index (χ2v) is 19.8. The first-order valence-electron chi connectivity index (χ1n) is 9.73. The molecule has 0 aliphatic rings. The van der Waals surface area contributed by atoms with Crippen molar-refractivity contribution in [1.82, 2.24) is 0 Å². The first kappa shape index (κ1) is 20.6. The normalized spacial score (nSPS) is 12.0. The Morgan fingerprint density at radius 2 is 1.35 bits per heavy atom. The molecule has 0 saturated carbocycles. The Kier molecular flexibility index (Phi) is 11.6. The van der Waals surface area contributed by atoms with E-state index in [1.165, 1.54) is 44.2 Å². The quantitative estimate of drug-likeness (QED) is 0.336. The van der Waals surface area contributed by atoms with Crippen molar-refractivity contribution in [2.75, 3.05) is 11.9 Å². The molecule has 0 saturated heterocycles. The molecule has 0 atom stereocenters. The first-order valence-corrected chi connectivity index (χ1v) is 17.4. The van der Waals surface area contributed by atoms with Crippen LogP contribution in [0.25, 0.3) is 0 Å². The van der Waals surface area contributed by atoms with Crippen LogP contribution in [0, 0.1) is 0 Å². The molecule has 0 aliphatic heterocycles. The molecule has 0 radical (unpaired) electrons. The van der Waals surface area contributed by atoms with E-state index in [2.05, 4.69) is 66.6 Å². The van der Waals surface area contributed by atoms with Crippen molar-refractivity contribution < 1.29 is 0 Å². The third kappa shape index (κ3) is 8.83. The van der Waals surface area contributed by atoms with Crippen LogP contribution in [-0.4, -0.2) is 24.9 Å². The van der Waals surface area contributed by atoms with Crippen molar-refractivity contribution in [3.63, 3.8) is 0 Å². The summed E-state index contributed by atoms with van der Waals surface area (Å²) in [5, 5.41) is 3.53. The Morgan fingerprint density at radius 1 is 0.826 bits per heavy atom. The number of nitrogens with one attached hydrogen (secondary N) is 1. The van der Waals surface area contributed by atoms with Gasteiger partial charge in [-0.05, 0) is 0 Å². The molecule has 0 fully saturated rings. The number of para-hydroxylation sites is 1. The Morgan fingerprint density at radius 3 is 1.83 bits per heavy atom. The van der Waals surface area contributed by atoms with Gasteiger partial charge in [0.2, 0.25) is 0 Å². The molecule has 0 heterocycles. The van der Waals surface area contributed by atoms with Gasteiger partial charge in [0, 0.05) is 0 Å². The van der Waals surface area contributed by atoms with Gasteiger partial charge in [-0.1, -0.05) is 0 Å². The Bertz CT molecular complexity index is 391. The summed E-state index contributed by atoms with van der Waals surface area (Å²) in [5.74, 6) is 0. The van der Waals surface area contributed by atoms with E-state index in [1.807, 2.05) is 0 Å². The topological polar surface area (TPSA) is 12.0 Å². The minimum atomic E-state index is -2.06. The standard InChI is InChI=1S/C9H10N.3C4H9.Sn/c1-2-8-10-9-6-4-3-5-7-9;3*1-3-4-2;/h1-7,10H,8H2;3*1,3-4H2,2H3;. The summed E-state index contributed by atoms with van der Waals surface area (Å²) in [5.41, 5.74) is 1.23. The van der Waals surface area contributed by atoms with Crippen molar-refractivity contribution in [2.24, 2.45) is 0 Å². The molecule has 1 N–H and O–H groups in total. The average Bonchev–Trinajstić information content (AvgIpc) is 2.60. The fourth-order valence-electron chi connectivity index (χ4n) is 3.25. The average molecular weight is 422 g/mol. The molecule has 0 bridgehead atoms. The Hall–Kier alpha value is -0.441. The van der Waals surface area contributed by atoms with Gasteiger partial charge >= 0.3 is 149 Å². The molecule has 23 heavy (non-hydrogen) atoms. The molecule has 0 amide bonds. The van der Waals surface area contributed by atoms with Gasteiger partial charge in [0.25, 0.3) is 0 Å². The van der Waals surface area contributed by atoms with Gasteiger partial charge in [-0.3, -0.25) is 0 Å². The van der Waals surface area contributed by atoms with Crippen molar-refractivity contribution in [2.45, 2.75) is 72.6 Å². The second-order valence-electron chi connectivity index (χ2n) is 6.82. The first-order chi connectivity index (χ1) is 11.3. The molecule has 2 heteroatoms. The molecule has 1 aromatic rings. The van der Waals surface area contributed by atoms with Crippen LogP contribution in [0.5, 0.6) is 0 Å². The van der Waals surface area contributed by atoms with Gasteiger partial charge in [0.15, 0.2) is 0 Å². The van der Waals surface area contributed by atoms with E-state index in [0.717, 1.165) is 6.54 Å². The third-order valence-electron chi connectivity index (χ3n) is 4.75. The molecule has 0 spiro atoms. The number of anilines is 1. The Balaban J connectivity index is 2.64. The fourth-order valence-corrected chi connectivity index (χ4v) is 17.6. The van der Waals surface area contributed by atoms with E-state index >= 15 is 0 Å². The van der Waals surface area contributed by atoms with Crippen LogP contribution in [0.15, 0.2) is 40.5 Å². The van der Waals surface area contributed by atoms with Crippen LogP contribution < -0.4 is 5.32 Å². The SMILES string of the molecule is CCC[CH2][Sn](/[CH]=C/CNc1ccccc1)([CH2]CCC)[CH2]CCC. The van der Waals surface area contributed by atoms with Crippen molar-refractivity contribution >= 4 is 24.1 Å². The molecule has 1 aromatic carbocycles. The van der Waals surface area contributed by atoms with E-state index in [0.29, 0.717) is 0 Å². The maximum absolute atomic E-state index is 3.53. The van der Waals surface area contributed by atoms with Gasteiger partial charge in [-0.25, -0.2) is 0 Å². The molecule has 130 valence electrons. The summed E-state index contributed by atoms with van der Waals surface area (Å²) in [7, 11) is 0. The van der Waals surface area contributed by atoms with E-state index in [4.69, 9.17) is 0 Å². The molecule has 1 rings (SSSR count). The fraction of sp³-hybridized carbons (Fsp3) is 0.619. The summed E-state index contributed by atoms with van der Waals surface area (Å²) in [6.07, 6.45) is 10.9. The Labute approximate surface area is 148 Å². The molecule has 0 aliphatic carbocycles. The maximum atomic E-state index is 3.53. The third-order valence-corrected chi connectivity index (χ3v) is 19.0.